The van der Waals surface area contributed by atoms with Crippen molar-refractivity contribution in [2.75, 3.05) is 0 Å². The van der Waals surface area contributed by atoms with Crippen LogP contribution in [0, 0.1) is 13.8 Å². The molecule has 7 heteroatoms. The van der Waals surface area contributed by atoms with Gasteiger partial charge in [-0.05, 0) is 32.0 Å². The van der Waals surface area contributed by atoms with Crippen molar-refractivity contribution >= 4 is 11.7 Å². The van der Waals surface area contributed by atoms with E-state index in [0.717, 1.165) is 11.4 Å². The van der Waals surface area contributed by atoms with Gasteiger partial charge in [-0.1, -0.05) is 0 Å². The molecule has 0 fully saturated rings. The van der Waals surface area contributed by atoms with E-state index in [1.54, 1.807) is 18.3 Å². The van der Waals surface area contributed by atoms with Gasteiger partial charge in [-0.15, -0.1) is 10.2 Å². The Bertz CT molecular complexity index is 796. The van der Waals surface area contributed by atoms with Gasteiger partial charge in [0.15, 0.2) is 5.82 Å². The first kappa shape index (κ1) is 13.2. The molecule has 0 spiro atoms. The molecule has 0 saturated heterocycles. The van der Waals surface area contributed by atoms with Gasteiger partial charge in [-0.3, -0.25) is 14.2 Å². The first-order chi connectivity index (χ1) is 10.1. The molecule has 1 N–H and O–H groups in total. The topological polar surface area (TPSA) is 85.1 Å². The summed E-state index contributed by atoms with van der Waals surface area (Å²) in [6.45, 7) is 4.14. The van der Waals surface area contributed by atoms with Gasteiger partial charge in [-0.25, -0.2) is 4.98 Å². The predicted octanol–water partition coefficient (Wildman–Crippen LogP) is 1.07. The molecule has 21 heavy (non-hydrogen) atoms. The Kier molecular flexibility index (Phi) is 3.31. The summed E-state index contributed by atoms with van der Waals surface area (Å²) in [7, 11) is 0. The third kappa shape index (κ3) is 2.58. The van der Waals surface area contributed by atoms with Crippen LogP contribution < -0.4 is 5.32 Å². The fourth-order valence-electron chi connectivity index (χ4n) is 2.17. The molecule has 3 rings (SSSR count). The highest BCUT2D eigenvalue weighted by Gasteiger charge is 2.11. The van der Waals surface area contributed by atoms with Crippen LogP contribution in [0.4, 0.5) is 0 Å². The largest absolute Gasteiger partial charge is 0.345 e. The number of hydrogen-bond donors (Lipinski definition) is 1. The summed E-state index contributed by atoms with van der Waals surface area (Å²) in [5.74, 6) is 0.989. The average Bonchev–Trinajstić information content (AvgIpc) is 2.89. The Labute approximate surface area is 121 Å². The molecule has 0 radical (unpaired) electrons. The van der Waals surface area contributed by atoms with Gasteiger partial charge >= 0.3 is 0 Å². The number of nitrogens with zero attached hydrogens (tertiary/aromatic N) is 5. The Morgan fingerprint density at radius 1 is 1.33 bits per heavy atom. The lowest BCUT2D eigenvalue weighted by Crippen LogP contribution is -2.24. The fraction of sp³-hybridized carbons (Fsp3) is 0.214. The molecule has 106 valence electrons. The first-order valence-electron chi connectivity index (χ1n) is 6.51. The van der Waals surface area contributed by atoms with Gasteiger partial charge in [0.2, 0.25) is 0 Å². The normalized spacial score (nSPS) is 10.8. The van der Waals surface area contributed by atoms with E-state index in [0.29, 0.717) is 17.2 Å². The van der Waals surface area contributed by atoms with Gasteiger partial charge in [0.05, 0.1) is 12.1 Å². The zero-order chi connectivity index (χ0) is 14.8. The summed E-state index contributed by atoms with van der Waals surface area (Å²) >= 11 is 0. The maximum absolute atomic E-state index is 12.0. The van der Waals surface area contributed by atoms with E-state index >= 15 is 0 Å². The number of pyridine rings is 1. The molecular formula is C14H14N6O. The van der Waals surface area contributed by atoms with Crippen molar-refractivity contribution in [1.82, 2.24) is 29.9 Å². The van der Waals surface area contributed by atoms with Crippen LogP contribution in [0.1, 0.15) is 27.6 Å². The minimum Gasteiger partial charge on any atom is -0.345 e. The zero-order valence-electron chi connectivity index (χ0n) is 11.7. The van der Waals surface area contributed by atoms with E-state index < -0.39 is 0 Å². The quantitative estimate of drug-likeness (QED) is 0.776. The minimum absolute atomic E-state index is 0.197. The summed E-state index contributed by atoms with van der Waals surface area (Å²) in [6, 6.07) is 5.38. The maximum atomic E-state index is 12.0. The van der Waals surface area contributed by atoms with Crippen molar-refractivity contribution in [3.05, 3.63) is 53.4 Å². The Morgan fingerprint density at radius 2 is 2.19 bits per heavy atom. The molecule has 0 bridgehead atoms. The summed E-state index contributed by atoms with van der Waals surface area (Å²) in [5, 5.41) is 10.9. The lowest BCUT2D eigenvalue weighted by atomic mass is 10.3. The summed E-state index contributed by atoms with van der Waals surface area (Å²) in [6.07, 6.45) is 3.15. The van der Waals surface area contributed by atoms with E-state index in [1.165, 1.54) is 6.20 Å². The van der Waals surface area contributed by atoms with Crippen LogP contribution in [0.15, 0.2) is 30.6 Å². The second-order valence-corrected chi connectivity index (χ2v) is 4.71. The number of amides is 1. The molecule has 0 aliphatic heterocycles. The van der Waals surface area contributed by atoms with Crippen molar-refractivity contribution in [1.29, 1.82) is 0 Å². The molecule has 0 unspecified atom stereocenters. The van der Waals surface area contributed by atoms with E-state index in [4.69, 9.17) is 0 Å². The Hall–Kier alpha value is -2.83. The van der Waals surface area contributed by atoms with Crippen LogP contribution in [0.25, 0.3) is 5.78 Å². The van der Waals surface area contributed by atoms with Crippen LogP contribution in [-0.4, -0.2) is 30.5 Å². The van der Waals surface area contributed by atoms with Crippen LogP contribution in [0.2, 0.25) is 0 Å². The minimum atomic E-state index is -0.197. The van der Waals surface area contributed by atoms with Gasteiger partial charge in [0, 0.05) is 23.8 Å². The van der Waals surface area contributed by atoms with Crippen LogP contribution >= 0.6 is 0 Å². The second kappa shape index (κ2) is 5.28. The molecule has 3 aromatic rings. The molecule has 0 aliphatic carbocycles. The van der Waals surface area contributed by atoms with Crippen molar-refractivity contribution in [2.45, 2.75) is 20.4 Å². The number of carbonyl (C=O) groups excluding carboxylic acids is 1. The number of aryl methyl sites for hydroxylation is 2. The number of nitrogens with one attached hydrogen (secondary N) is 1. The van der Waals surface area contributed by atoms with Crippen LogP contribution in [0.5, 0.6) is 0 Å². The van der Waals surface area contributed by atoms with Crippen LogP contribution in [-0.2, 0) is 6.54 Å². The van der Waals surface area contributed by atoms with Gasteiger partial charge in [0.25, 0.3) is 11.7 Å². The number of aromatic nitrogens is 5. The standard InChI is InChI=1S/C14H14N6O/c1-9-6-10(2)20-12(18-19-14(20)17-9)8-16-13(21)11-4-3-5-15-7-11/h3-7H,8H2,1-2H3,(H,16,21). The van der Waals surface area contributed by atoms with Crippen molar-refractivity contribution in [3.63, 3.8) is 0 Å². The molecule has 1 amide bonds. The Morgan fingerprint density at radius 3 is 2.95 bits per heavy atom. The molecule has 0 saturated carbocycles. The molecule has 3 heterocycles. The number of carbonyl (C=O) groups is 1. The molecular weight excluding hydrogens is 268 g/mol. The smallest absolute Gasteiger partial charge is 0.255 e. The van der Waals surface area contributed by atoms with Gasteiger partial charge in [-0.2, -0.15) is 0 Å². The van der Waals surface area contributed by atoms with Crippen molar-refractivity contribution < 1.29 is 4.79 Å². The number of hydrogen-bond acceptors (Lipinski definition) is 5. The Balaban J connectivity index is 1.82. The molecule has 0 atom stereocenters. The van der Waals surface area contributed by atoms with E-state index in [-0.39, 0.29) is 12.5 Å². The van der Waals surface area contributed by atoms with Gasteiger partial charge in [0.1, 0.15) is 0 Å². The maximum Gasteiger partial charge on any atom is 0.255 e. The monoisotopic (exact) mass is 282 g/mol. The van der Waals surface area contributed by atoms with Crippen LogP contribution in [0.3, 0.4) is 0 Å². The molecule has 0 aliphatic rings. The van der Waals surface area contributed by atoms with E-state index in [1.807, 2.05) is 24.3 Å². The zero-order valence-corrected chi connectivity index (χ0v) is 11.7. The van der Waals surface area contributed by atoms with E-state index in [2.05, 4.69) is 25.5 Å². The fourth-order valence-corrected chi connectivity index (χ4v) is 2.17. The summed E-state index contributed by atoms with van der Waals surface area (Å²) in [5.41, 5.74) is 2.38. The van der Waals surface area contributed by atoms with Gasteiger partial charge < -0.3 is 5.32 Å². The highest BCUT2D eigenvalue weighted by atomic mass is 16.1. The molecule has 0 aromatic carbocycles. The SMILES string of the molecule is Cc1cc(C)n2c(CNC(=O)c3cccnc3)nnc2n1. The number of rotatable bonds is 3. The lowest BCUT2D eigenvalue weighted by molar-refractivity contribution is 0.0949. The molecule has 7 nitrogen and oxygen atoms in total. The first-order valence-corrected chi connectivity index (χ1v) is 6.51. The van der Waals surface area contributed by atoms with Crippen molar-refractivity contribution in [3.8, 4) is 0 Å². The average molecular weight is 282 g/mol. The third-order valence-electron chi connectivity index (χ3n) is 3.09. The number of fused-ring (bicyclic) bond motifs is 1. The summed E-state index contributed by atoms with van der Waals surface area (Å²) < 4.78 is 1.83. The predicted molar refractivity (Wildman–Crippen MR) is 75.7 cm³/mol. The van der Waals surface area contributed by atoms with Crippen molar-refractivity contribution in [2.24, 2.45) is 0 Å². The third-order valence-corrected chi connectivity index (χ3v) is 3.09. The van der Waals surface area contributed by atoms with E-state index in [9.17, 15) is 4.79 Å². The molecule has 3 aromatic heterocycles. The highest BCUT2D eigenvalue weighted by Crippen LogP contribution is 2.08. The summed E-state index contributed by atoms with van der Waals surface area (Å²) in [4.78, 5) is 20.2. The highest BCUT2D eigenvalue weighted by molar-refractivity contribution is 5.93. The second-order valence-electron chi connectivity index (χ2n) is 4.71. The lowest BCUT2D eigenvalue weighted by Gasteiger charge is -2.06.